The van der Waals surface area contributed by atoms with E-state index in [2.05, 4.69) is 10.4 Å². The summed E-state index contributed by atoms with van der Waals surface area (Å²) in [6.07, 6.45) is 2.25. The zero-order valence-electron chi connectivity index (χ0n) is 8.67. The van der Waals surface area contributed by atoms with Crippen LogP contribution in [0.4, 0.5) is 0 Å². The van der Waals surface area contributed by atoms with Crippen LogP contribution < -0.4 is 11.1 Å². The molecule has 1 atom stereocenters. The molecule has 0 saturated heterocycles. The molecule has 0 aliphatic heterocycles. The van der Waals surface area contributed by atoms with Crippen molar-refractivity contribution in [1.29, 1.82) is 0 Å². The fourth-order valence-corrected chi connectivity index (χ4v) is 1.05. The van der Waals surface area contributed by atoms with Crippen LogP contribution >= 0.6 is 0 Å². The molecule has 0 aliphatic carbocycles. The van der Waals surface area contributed by atoms with Gasteiger partial charge in [-0.3, -0.25) is 14.3 Å². The van der Waals surface area contributed by atoms with Gasteiger partial charge in [-0.05, 0) is 6.07 Å². The highest BCUT2D eigenvalue weighted by Gasteiger charge is 2.11. The lowest BCUT2D eigenvalue weighted by atomic mass is 10.3. The molecule has 1 rings (SSSR count). The highest BCUT2D eigenvalue weighted by molar-refractivity contribution is 5.80. The van der Waals surface area contributed by atoms with Gasteiger partial charge in [-0.2, -0.15) is 5.10 Å². The van der Waals surface area contributed by atoms with Crippen LogP contribution in [-0.4, -0.2) is 39.4 Å². The largest absolute Gasteiger partial charge is 0.381 e. The van der Waals surface area contributed by atoms with Gasteiger partial charge < -0.3 is 16.2 Å². The van der Waals surface area contributed by atoms with Crippen LogP contribution in [0.1, 0.15) is 6.42 Å². The molecule has 0 radical (unpaired) electrons. The van der Waals surface area contributed by atoms with E-state index in [1.807, 2.05) is 0 Å². The number of hydrogen-bond acceptors (Lipinski definition) is 4. The maximum Gasteiger partial charge on any atom is 0.248 e. The summed E-state index contributed by atoms with van der Waals surface area (Å²) in [7, 11) is 0. The highest BCUT2D eigenvalue weighted by atomic mass is 16.3. The second-order valence-electron chi connectivity index (χ2n) is 3.24. The molecule has 0 bridgehead atoms. The van der Waals surface area contributed by atoms with Crippen LogP contribution in [0.3, 0.4) is 0 Å². The van der Waals surface area contributed by atoms with Crippen molar-refractivity contribution in [2.45, 2.75) is 19.1 Å². The average molecular weight is 226 g/mol. The second kappa shape index (κ2) is 5.86. The minimum Gasteiger partial charge on any atom is -0.381 e. The van der Waals surface area contributed by atoms with Crippen LogP contribution in [-0.2, 0) is 16.1 Å². The van der Waals surface area contributed by atoms with E-state index < -0.39 is 12.0 Å². The Morgan fingerprint density at radius 1 is 1.56 bits per heavy atom. The number of carbonyl (C=O) groups is 2. The molecule has 0 saturated carbocycles. The smallest absolute Gasteiger partial charge is 0.248 e. The van der Waals surface area contributed by atoms with Gasteiger partial charge in [0.05, 0.1) is 6.54 Å². The lowest BCUT2D eigenvalue weighted by Crippen LogP contribution is -2.40. The predicted molar refractivity (Wildman–Crippen MR) is 55.1 cm³/mol. The first-order valence-electron chi connectivity index (χ1n) is 4.81. The second-order valence-corrected chi connectivity index (χ2v) is 3.24. The van der Waals surface area contributed by atoms with Crippen molar-refractivity contribution in [3.63, 3.8) is 0 Å². The molecule has 0 fully saturated rings. The van der Waals surface area contributed by atoms with E-state index in [0.29, 0.717) is 6.54 Å². The summed E-state index contributed by atoms with van der Waals surface area (Å²) in [5, 5.41) is 15.3. The van der Waals surface area contributed by atoms with Gasteiger partial charge in [-0.25, -0.2) is 0 Å². The van der Waals surface area contributed by atoms with E-state index in [1.54, 1.807) is 23.1 Å². The quantitative estimate of drug-likeness (QED) is 0.533. The Bertz CT molecular complexity index is 350. The van der Waals surface area contributed by atoms with E-state index >= 15 is 0 Å². The normalized spacial score (nSPS) is 12.1. The zero-order valence-corrected chi connectivity index (χ0v) is 8.67. The summed E-state index contributed by atoms with van der Waals surface area (Å²) in [6.45, 7) is 0.290. The fourth-order valence-electron chi connectivity index (χ4n) is 1.05. The monoisotopic (exact) mass is 226 g/mol. The first kappa shape index (κ1) is 12.2. The van der Waals surface area contributed by atoms with E-state index in [-0.39, 0.29) is 18.9 Å². The number of aliphatic hydroxyl groups excluding tert-OH is 1. The van der Waals surface area contributed by atoms with Crippen molar-refractivity contribution in [2.75, 3.05) is 6.54 Å². The lowest BCUT2D eigenvalue weighted by molar-refractivity contribution is -0.127. The summed E-state index contributed by atoms with van der Waals surface area (Å²) in [5.41, 5.74) is 4.82. The first-order valence-corrected chi connectivity index (χ1v) is 4.81. The summed E-state index contributed by atoms with van der Waals surface area (Å²) in [4.78, 5) is 21.7. The van der Waals surface area contributed by atoms with Gasteiger partial charge in [0.2, 0.25) is 11.8 Å². The standard InChI is InChI=1S/C9H14N4O3/c10-9(16)7(14)6-11-8(15)2-5-13-4-1-3-12-13/h1,3-4,7,14H,2,5-6H2,(H2,10,16)(H,11,15). The number of nitrogens with one attached hydrogen (secondary N) is 1. The summed E-state index contributed by atoms with van der Waals surface area (Å²) in [6, 6.07) is 1.76. The predicted octanol–water partition coefficient (Wildman–Crippen LogP) is -1.76. The van der Waals surface area contributed by atoms with Crippen molar-refractivity contribution >= 4 is 11.8 Å². The van der Waals surface area contributed by atoms with E-state index in [1.165, 1.54) is 0 Å². The molecule has 4 N–H and O–H groups in total. The van der Waals surface area contributed by atoms with Crippen LogP contribution in [0.2, 0.25) is 0 Å². The molecule has 7 heteroatoms. The highest BCUT2D eigenvalue weighted by Crippen LogP contribution is 1.89. The molecular formula is C9H14N4O3. The molecule has 0 aromatic carbocycles. The number of aliphatic hydroxyl groups is 1. The molecule has 1 unspecified atom stereocenters. The maximum absolute atomic E-state index is 11.2. The molecular weight excluding hydrogens is 212 g/mol. The Morgan fingerprint density at radius 3 is 2.88 bits per heavy atom. The van der Waals surface area contributed by atoms with E-state index in [9.17, 15) is 9.59 Å². The summed E-state index contributed by atoms with van der Waals surface area (Å²) < 4.78 is 1.62. The topological polar surface area (TPSA) is 110 Å². The number of primary amides is 1. The Morgan fingerprint density at radius 2 is 2.31 bits per heavy atom. The van der Waals surface area contributed by atoms with Gasteiger partial charge in [0.15, 0.2) is 0 Å². The molecule has 2 amide bonds. The average Bonchev–Trinajstić information content (AvgIpc) is 2.75. The third kappa shape index (κ3) is 4.09. The van der Waals surface area contributed by atoms with Gasteiger partial charge in [0.25, 0.3) is 0 Å². The van der Waals surface area contributed by atoms with Crippen LogP contribution in [0.15, 0.2) is 18.5 Å². The van der Waals surface area contributed by atoms with Crippen LogP contribution in [0, 0.1) is 0 Å². The number of nitrogens with two attached hydrogens (primary N) is 1. The van der Waals surface area contributed by atoms with E-state index in [4.69, 9.17) is 10.8 Å². The van der Waals surface area contributed by atoms with E-state index in [0.717, 1.165) is 0 Å². The minimum absolute atomic E-state index is 0.159. The number of hydrogen-bond donors (Lipinski definition) is 3. The molecule has 88 valence electrons. The van der Waals surface area contributed by atoms with Crippen molar-refractivity contribution < 1.29 is 14.7 Å². The number of rotatable bonds is 6. The van der Waals surface area contributed by atoms with Gasteiger partial charge >= 0.3 is 0 Å². The first-order chi connectivity index (χ1) is 7.59. The Labute approximate surface area is 92.2 Å². The molecule has 1 aromatic rings. The zero-order chi connectivity index (χ0) is 12.0. The Kier molecular flexibility index (Phi) is 4.46. The molecule has 0 aliphatic rings. The number of nitrogens with zero attached hydrogens (tertiary/aromatic N) is 2. The van der Waals surface area contributed by atoms with Crippen molar-refractivity contribution in [3.8, 4) is 0 Å². The summed E-state index contributed by atoms with van der Waals surface area (Å²) in [5.74, 6) is -1.12. The maximum atomic E-state index is 11.2. The fraction of sp³-hybridized carbons (Fsp3) is 0.444. The molecule has 0 spiro atoms. The molecule has 1 aromatic heterocycles. The van der Waals surface area contributed by atoms with Crippen molar-refractivity contribution in [1.82, 2.24) is 15.1 Å². The van der Waals surface area contributed by atoms with Crippen molar-refractivity contribution in [2.24, 2.45) is 5.73 Å². The van der Waals surface area contributed by atoms with Crippen LogP contribution in [0.5, 0.6) is 0 Å². The minimum atomic E-state index is -1.34. The third-order valence-electron chi connectivity index (χ3n) is 1.95. The summed E-state index contributed by atoms with van der Waals surface area (Å²) >= 11 is 0. The van der Waals surface area contributed by atoms with Gasteiger partial charge in [-0.15, -0.1) is 0 Å². The Hall–Kier alpha value is -1.89. The van der Waals surface area contributed by atoms with Crippen molar-refractivity contribution in [3.05, 3.63) is 18.5 Å². The molecule has 16 heavy (non-hydrogen) atoms. The van der Waals surface area contributed by atoms with Crippen LogP contribution in [0.25, 0.3) is 0 Å². The SMILES string of the molecule is NC(=O)C(O)CNC(=O)CCn1cccn1. The number of amides is 2. The third-order valence-corrected chi connectivity index (χ3v) is 1.95. The number of aryl methyl sites for hydroxylation is 1. The lowest BCUT2D eigenvalue weighted by Gasteiger charge is -2.08. The van der Waals surface area contributed by atoms with Gasteiger partial charge in [0.1, 0.15) is 6.10 Å². The molecule has 7 nitrogen and oxygen atoms in total. The number of aromatic nitrogens is 2. The number of carbonyl (C=O) groups excluding carboxylic acids is 2. The van der Waals surface area contributed by atoms with Gasteiger partial charge in [0, 0.05) is 25.4 Å². The van der Waals surface area contributed by atoms with Gasteiger partial charge in [-0.1, -0.05) is 0 Å². The Balaban J connectivity index is 2.19. The molecule has 1 heterocycles.